The Hall–Kier alpha value is -1.39. The number of nitrogens with one attached hydrogen (secondary N) is 1. The summed E-state index contributed by atoms with van der Waals surface area (Å²) in [6.07, 6.45) is 1.06. The Bertz CT molecular complexity index is 515. The Balaban J connectivity index is 1.90. The number of morpholine rings is 1. The molecule has 4 nitrogen and oxygen atoms in total. The fourth-order valence-electron chi connectivity index (χ4n) is 3.07. The number of carbonyl (C=O) groups is 1. The van der Waals surface area contributed by atoms with Crippen LogP contribution in [0.2, 0.25) is 0 Å². The first kappa shape index (κ1) is 13.6. The molecule has 1 fully saturated rings. The van der Waals surface area contributed by atoms with Crippen LogP contribution in [0.4, 0.5) is 0 Å². The predicted octanol–water partition coefficient (Wildman–Crippen LogP) is 1.58. The van der Waals surface area contributed by atoms with Crippen LogP contribution in [0.1, 0.15) is 35.3 Å². The van der Waals surface area contributed by atoms with Crippen LogP contribution in [-0.4, -0.2) is 42.6 Å². The van der Waals surface area contributed by atoms with E-state index in [4.69, 9.17) is 4.74 Å². The topological polar surface area (TPSA) is 41.6 Å². The predicted molar refractivity (Wildman–Crippen MR) is 77.8 cm³/mol. The third-order valence-electron chi connectivity index (χ3n) is 4.24. The molecule has 2 atom stereocenters. The Morgan fingerprint density at radius 2 is 2.25 bits per heavy atom. The van der Waals surface area contributed by atoms with Gasteiger partial charge in [-0.25, -0.2) is 0 Å². The van der Waals surface area contributed by atoms with Crippen molar-refractivity contribution in [1.82, 2.24) is 10.2 Å². The summed E-state index contributed by atoms with van der Waals surface area (Å²) >= 11 is 0. The highest BCUT2D eigenvalue weighted by Gasteiger charge is 2.30. The molecule has 0 radical (unpaired) electrons. The van der Waals surface area contributed by atoms with Crippen LogP contribution in [0.5, 0.6) is 0 Å². The van der Waals surface area contributed by atoms with Crippen molar-refractivity contribution in [3.63, 3.8) is 0 Å². The summed E-state index contributed by atoms with van der Waals surface area (Å²) in [5.41, 5.74) is 3.36. The highest BCUT2D eigenvalue weighted by atomic mass is 16.5. The minimum absolute atomic E-state index is 0.122. The normalized spacial score (nSPS) is 26.2. The number of nitrogens with zero attached hydrogens (tertiary/aromatic N) is 1. The van der Waals surface area contributed by atoms with Crippen molar-refractivity contribution in [2.45, 2.75) is 39.0 Å². The second-order valence-corrected chi connectivity index (χ2v) is 5.82. The van der Waals surface area contributed by atoms with E-state index in [1.54, 1.807) is 0 Å². The van der Waals surface area contributed by atoms with Gasteiger partial charge in [0, 0.05) is 18.7 Å². The Labute approximate surface area is 120 Å². The molecule has 1 N–H and O–H groups in total. The minimum Gasteiger partial charge on any atom is -0.375 e. The molecule has 108 valence electrons. The van der Waals surface area contributed by atoms with Crippen LogP contribution < -0.4 is 5.32 Å². The number of ether oxygens (including phenoxy) is 1. The lowest BCUT2D eigenvalue weighted by atomic mass is 9.94. The van der Waals surface area contributed by atoms with E-state index in [-0.39, 0.29) is 18.1 Å². The molecule has 3 rings (SSSR count). The molecule has 0 spiro atoms. The lowest BCUT2D eigenvalue weighted by Crippen LogP contribution is -2.50. The minimum atomic E-state index is 0.122. The van der Waals surface area contributed by atoms with Gasteiger partial charge in [0.2, 0.25) is 0 Å². The zero-order chi connectivity index (χ0) is 14.1. The lowest BCUT2D eigenvalue weighted by molar-refractivity contribution is -0.0387. The zero-order valence-corrected chi connectivity index (χ0v) is 12.2. The van der Waals surface area contributed by atoms with Gasteiger partial charge in [-0.05, 0) is 44.0 Å². The van der Waals surface area contributed by atoms with Gasteiger partial charge in [-0.15, -0.1) is 0 Å². The molecule has 1 aromatic carbocycles. The molecule has 0 bridgehead atoms. The largest absolute Gasteiger partial charge is 0.375 e. The number of hydrogen-bond donors (Lipinski definition) is 1. The Kier molecular flexibility index (Phi) is 3.76. The number of rotatable bonds is 1. The molecule has 0 saturated carbocycles. The van der Waals surface area contributed by atoms with Gasteiger partial charge >= 0.3 is 0 Å². The van der Waals surface area contributed by atoms with E-state index in [1.807, 2.05) is 24.0 Å². The fourth-order valence-corrected chi connectivity index (χ4v) is 3.07. The molecule has 0 aromatic heterocycles. The highest BCUT2D eigenvalue weighted by molar-refractivity contribution is 5.96. The van der Waals surface area contributed by atoms with Crippen LogP contribution >= 0.6 is 0 Å². The molecular formula is C16H22N2O2. The molecule has 2 heterocycles. The molecule has 20 heavy (non-hydrogen) atoms. The van der Waals surface area contributed by atoms with Gasteiger partial charge in [-0.3, -0.25) is 4.79 Å². The van der Waals surface area contributed by atoms with Gasteiger partial charge in [0.15, 0.2) is 0 Å². The SMILES string of the molecule is CC1CN(C(=O)c2cccc3c2CCNC3)C(C)CO1. The van der Waals surface area contributed by atoms with Crippen molar-refractivity contribution in [3.8, 4) is 0 Å². The average Bonchev–Trinajstić information content (AvgIpc) is 2.48. The monoisotopic (exact) mass is 274 g/mol. The molecule has 1 saturated heterocycles. The molecule has 0 aliphatic carbocycles. The van der Waals surface area contributed by atoms with E-state index in [9.17, 15) is 4.79 Å². The molecule has 2 unspecified atom stereocenters. The molecule has 4 heteroatoms. The average molecular weight is 274 g/mol. The summed E-state index contributed by atoms with van der Waals surface area (Å²) in [7, 11) is 0. The number of amides is 1. The van der Waals surface area contributed by atoms with Crippen LogP contribution in [0.25, 0.3) is 0 Å². The maximum absolute atomic E-state index is 12.9. The van der Waals surface area contributed by atoms with Crippen molar-refractivity contribution in [2.24, 2.45) is 0 Å². The zero-order valence-electron chi connectivity index (χ0n) is 12.2. The van der Waals surface area contributed by atoms with Crippen molar-refractivity contribution >= 4 is 5.91 Å². The second-order valence-electron chi connectivity index (χ2n) is 5.82. The van der Waals surface area contributed by atoms with Gasteiger partial charge in [-0.1, -0.05) is 12.1 Å². The Morgan fingerprint density at radius 1 is 1.40 bits per heavy atom. The van der Waals surface area contributed by atoms with Crippen molar-refractivity contribution in [2.75, 3.05) is 19.7 Å². The van der Waals surface area contributed by atoms with Gasteiger partial charge in [0.05, 0.1) is 18.8 Å². The lowest BCUT2D eigenvalue weighted by Gasteiger charge is -2.37. The van der Waals surface area contributed by atoms with E-state index < -0.39 is 0 Å². The third-order valence-corrected chi connectivity index (χ3v) is 4.24. The summed E-state index contributed by atoms with van der Waals surface area (Å²) in [4.78, 5) is 14.8. The number of benzene rings is 1. The van der Waals surface area contributed by atoms with Crippen LogP contribution in [0.15, 0.2) is 18.2 Å². The molecular weight excluding hydrogens is 252 g/mol. The van der Waals surface area contributed by atoms with Crippen LogP contribution in [-0.2, 0) is 17.7 Å². The first-order valence-electron chi connectivity index (χ1n) is 7.41. The molecule has 2 aliphatic heterocycles. The van der Waals surface area contributed by atoms with Crippen molar-refractivity contribution in [3.05, 3.63) is 34.9 Å². The number of carbonyl (C=O) groups excluding carboxylic acids is 1. The first-order chi connectivity index (χ1) is 9.66. The molecule has 1 amide bonds. The van der Waals surface area contributed by atoms with E-state index in [1.165, 1.54) is 11.1 Å². The van der Waals surface area contributed by atoms with Crippen LogP contribution in [0.3, 0.4) is 0 Å². The Morgan fingerprint density at radius 3 is 3.10 bits per heavy atom. The summed E-state index contributed by atoms with van der Waals surface area (Å²) < 4.78 is 5.62. The van der Waals surface area contributed by atoms with Gasteiger partial charge < -0.3 is 15.0 Å². The maximum Gasteiger partial charge on any atom is 0.254 e. The number of hydrogen-bond acceptors (Lipinski definition) is 3. The smallest absolute Gasteiger partial charge is 0.254 e. The van der Waals surface area contributed by atoms with E-state index in [0.717, 1.165) is 25.1 Å². The fraction of sp³-hybridized carbons (Fsp3) is 0.562. The van der Waals surface area contributed by atoms with Crippen molar-refractivity contribution < 1.29 is 9.53 Å². The summed E-state index contributed by atoms with van der Waals surface area (Å²) in [5, 5.41) is 3.36. The standard InChI is InChI=1S/C16H22N2O2/c1-11-10-20-12(2)9-18(11)16(19)15-5-3-4-13-8-17-7-6-14(13)15/h3-5,11-12,17H,6-10H2,1-2H3. The van der Waals surface area contributed by atoms with E-state index in [0.29, 0.717) is 13.2 Å². The summed E-state index contributed by atoms with van der Waals surface area (Å²) in [6.45, 7) is 7.21. The van der Waals surface area contributed by atoms with Crippen molar-refractivity contribution in [1.29, 1.82) is 0 Å². The molecule has 2 aliphatic rings. The summed E-state index contributed by atoms with van der Waals surface area (Å²) in [6, 6.07) is 6.23. The third kappa shape index (κ3) is 2.45. The van der Waals surface area contributed by atoms with Gasteiger partial charge in [0.1, 0.15) is 0 Å². The van der Waals surface area contributed by atoms with Gasteiger partial charge in [-0.2, -0.15) is 0 Å². The molecule has 1 aromatic rings. The quantitative estimate of drug-likeness (QED) is 0.845. The summed E-state index contributed by atoms with van der Waals surface area (Å²) in [5.74, 6) is 0.159. The maximum atomic E-state index is 12.9. The van der Waals surface area contributed by atoms with E-state index >= 15 is 0 Å². The first-order valence-corrected chi connectivity index (χ1v) is 7.41. The second kappa shape index (κ2) is 5.54. The van der Waals surface area contributed by atoms with E-state index in [2.05, 4.69) is 18.3 Å². The number of fused-ring (bicyclic) bond motifs is 1. The van der Waals surface area contributed by atoms with Crippen LogP contribution in [0, 0.1) is 0 Å². The van der Waals surface area contributed by atoms with Gasteiger partial charge in [0.25, 0.3) is 5.91 Å². The highest BCUT2D eigenvalue weighted by Crippen LogP contribution is 2.22.